The van der Waals surface area contributed by atoms with E-state index in [2.05, 4.69) is 0 Å². The Hall–Kier alpha value is -0.350. The summed E-state index contributed by atoms with van der Waals surface area (Å²) in [6, 6.07) is 0. The van der Waals surface area contributed by atoms with E-state index >= 15 is 0 Å². The van der Waals surface area contributed by atoms with Gasteiger partial charge in [-0.3, -0.25) is 4.55 Å². The molecule has 0 bridgehead atoms. The van der Waals surface area contributed by atoms with Gasteiger partial charge in [0.1, 0.15) is 0 Å². The van der Waals surface area contributed by atoms with Gasteiger partial charge in [-0.2, -0.15) is 8.42 Å². The molecule has 0 saturated heterocycles. The fraction of sp³-hybridized carbons (Fsp3) is 0.667. The van der Waals surface area contributed by atoms with E-state index in [0.29, 0.717) is 6.42 Å². The van der Waals surface area contributed by atoms with Crippen molar-refractivity contribution in [1.29, 1.82) is 0 Å². The van der Waals surface area contributed by atoms with Crippen molar-refractivity contribution in [3.05, 3.63) is 11.0 Å². The molecular formula is C6H12O3S. The highest BCUT2D eigenvalue weighted by atomic mass is 32.2. The van der Waals surface area contributed by atoms with Gasteiger partial charge >= 0.3 is 0 Å². The predicted octanol–water partition coefficient (Wildman–Crippen LogP) is 1.58. The van der Waals surface area contributed by atoms with Crippen molar-refractivity contribution in [1.82, 2.24) is 0 Å². The summed E-state index contributed by atoms with van der Waals surface area (Å²) in [5, 5.41) is 0. The van der Waals surface area contributed by atoms with Crippen molar-refractivity contribution < 1.29 is 13.0 Å². The van der Waals surface area contributed by atoms with Gasteiger partial charge in [-0.15, -0.1) is 0 Å². The first kappa shape index (κ1) is 9.65. The van der Waals surface area contributed by atoms with Crippen molar-refractivity contribution in [3.8, 4) is 0 Å². The molecule has 0 aromatic carbocycles. The predicted molar refractivity (Wildman–Crippen MR) is 40.2 cm³/mol. The Morgan fingerprint density at radius 3 is 2.40 bits per heavy atom. The van der Waals surface area contributed by atoms with Crippen LogP contribution in [-0.4, -0.2) is 13.0 Å². The highest BCUT2D eigenvalue weighted by molar-refractivity contribution is 7.89. The van der Waals surface area contributed by atoms with E-state index in [0.717, 1.165) is 6.42 Å². The van der Waals surface area contributed by atoms with Crippen LogP contribution in [-0.2, 0) is 10.1 Å². The topological polar surface area (TPSA) is 54.4 Å². The molecule has 0 aromatic rings. The van der Waals surface area contributed by atoms with Gasteiger partial charge in [-0.1, -0.05) is 19.4 Å². The number of hydrogen-bond acceptors (Lipinski definition) is 2. The number of hydrogen-bond donors (Lipinski definition) is 1. The van der Waals surface area contributed by atoms with Gasteiger partial charge in [0, 0.05) is 0 Å². The maximum absolute atomic E-state index is 10.3. The normalized spacial score (nSPS) is 13.7. The number of rotatable bonds is 3. The fourth-order valence-electron chi connectivity index (χ4n) is 0.453. The van der Waals surface area contributed by atoms with Gasteiger partial charge in [-0.05, 0) is 13.3 Å². The Morgan fingerprint density at radius 2 is 2.10 bits per heavy atom. The Labute approximate surface area is 61.5 Å². The van der Waals surface area contributed by atoms with Gasteiger partial charge in [0.2, 0.25) is 0 Å². The first-order chi connectivity index (χ1) is 4.48. The SMILES string of the molecule is CCCC=C(C)S(=O)(=O)O. The Bertz CT molecular complexity index is 213. The molecule has 0 saturated carbocycles. The minimum Gasteiger partial charge on any atom is -0.282 e. The molecule has 0 spiro atoms. The molecule has 0 rings (SSSR count). The van der Waals surface area contributed by atoms with Crippen LogP contribution < -0.4 is 0 Å². The van der Waals surface area contributed by atoms with Crippen LogP contribution in [0.1, 0.15) is 26.7 Å². The van der Waals surface area contributed by atoms with Crippen LogP contribution in [0.15, 0.2) is 11.0 Å². The smallest absolute Gasteiger partial charge is 0.282 e. The van der Waals surface area contributed by atoms with Crippen LogP contribution in [0.5, 0.6) is 0 Å². The van der Waals surface area contributed by atoms with Crippen LogP contribution >= 0.6 is 0 Å². The Balaban J connectivity index is 4.22. The molecule has 0 amide bonds. The third-order valence-corrected chi connectivity index (χ3v) is 2.11. The molecule has 0 aliphatic rings. The minimum absolute atomic E-state index is 0.0364. The summed E-state index contributed by atoms with van der Waals surface area (Å²) in [4.78, 5) is 0.0364. The maximum atomic E-state index is 10.3. The zero-order valence-corrected chi connectivity index (χ0v) is 6.98. The summed E-state index contributed by atoms with van der Waals surface area (Å²) < 4.78 is 29.1. The lowest BCUT2D eigenvalue weighted by atomic mass is 10.3. The third-order valence-electron chi connectivity index (χ3n) is 1.13. The summed E-state index contributed by atoms with van der Waals surface area (Å²) in [5.74, 6) is 0. The second kappa shape index (κ2) is 3.73. The summed E-state index contributed by atoms with van der Waals surface area (Å²) >= 11 is 0. The van der Waals surface area contributed by atoms with Gasteiger partial charge in [0.15, 0.2) is 0 Å². The molecule has 0 aliphatic carbocycles. The Morgan fingerprint density at radius 1 is 1.60 bits per heavy atom. The zero-order valence-electron chi connectivity index (χ0n) is 6.16. The second-order valence-corrected chi connectivity index (χ2v) is 3.67. The molecule has 0 atom stereocenters. The first-order valence-corrected chi connectivity index (χ1v) is 4.56. The highest BCUT2D eigenvalue weighted by Gasteiger charge is 2.05. The van der Waals surface area contributed by atoms with E-state index in [-0.39, 0.29) is 4.91 Å². The first-order valence-electron chi connectivity index (χ1n) is 3.12. The number of unbranched alkanes of at least 4 members (excludes halogenated alkanes) is 1. The van der Waals surface area contributed by atoms with Gasteiger partial charge in [-0.25, -0.2) is 0 Å². The molecule has 0 heterocycles. The summed E-state index contributed by atoms with van der Waals surface area (Å²) in [6.45, 7) is 3.32. The molecule has 0 radical (unpaired) electrons. The van der Waals surface area contributed by atoms with E-state index in [9.17, 15) is 8.42 Å². The molecule has 0 unspecified atom stereocenters. The van der Waals surface area contributed by atoms with Gasteiger partial charge in [0.25, 0.3) is 10.1 Å². The van der Waals surface area contributed by atoms with E-state index in [1.54, 1.807) is 0 Å². The minimum atomic E-state index is -3.91. The molecule has 0 aromatic heterocycles. The van der Waals surface area contributed by atoms with Gasteiger partial charge < -0.3 is 0 Å². The van der Waals surface area contributed by atoms with Gasteiger partial charge in [0.05, 0.1) is 4.91 Å². The standard InChI is InChI=1S/C6H12O3S/c1-3-4-5-6(2)10(7,8)9/h5H,3-4H2,1-2H3,(H,7,8,9). The zero-order chi connectivity index (χ0) is 8.20. The second-order valence-electron chi connectivity index (χ2n) is 2.08. The molecule has 3 nitrogen and oxygen atoms in total. The van der Waals surface area contributed by atoms with Crippen LogP contribution in [0.4, 0.5) is 0 Å². The van der Waals surface area contributed by atoms with Crippen LogP contribution in [0, 0.1) is 0 Å². The lowest BCUT2D eigenvalue weighted by molar-refractivity contribution is 0.490. The summed E-state index contributed by atoms with van der Waals surface area (Å²) in [5.41, 5.74) is 0. The quantitative estimate of drug-likeness (QED) is 0.644. The van der Waals surface area contributed by atoms with E-state index in [1.165, 1.54) is 13.0 Å². The average Bonchev–Trinajstić information content (AvgIpc) is 1.80. The largest absolute Gasteiger partial charge is 0.290 e. The van der Waals surface area contributed by atoms with Crippen molar-refractivity contribution in [2.45, 2.75) is 26.7 Å². The van der Waals surface area contributed by atoms with Crippen LogP contribution in [0.2, 0.25) is 0 Å². The molecule has 10 heavy (non-hydrogen) atoms. The lowest BCUT2D eigenvalue weighted by Gasteiger charge is -1.93. The molecule has 1 N–H and O–H groups in total. The van der Waals surface area contributed by atoms with Crippen LogP contribution in [0.3, 0.4) is 0 Å². The molecule has 0 fully saturated rings. The molecule has 4 heteroatoms. The highest BCUT2D eigenvalue weighted by Crippen LogP contribution is 2.04. The Kier molecular flexibility index (Phi) is 3.60. The summed E-state index contributed by atoms with van der Waals surface area (Å²) in [7, 11) is -3.91. The molecular weight excluding hydrogens is 152 g/mol. The van der Waals surface area contributed by atoms with Crippen molar-refractivity contribution in [3.63, 3.8) is 0 Å². The van der Waals surface area contributed by atoms with Crippen molar-refractivity contribution in [2.24, 2.45) is 0 Å². The lowest BCUT2D eigenvalue weighted by Crippen LogP contribution is -1.97. The fourth-order valence-corrected chi connectivity index (χ4v) is 0.781. The van der Waals surface area contributed by atoms with E-state index in [4.69, 9.17) is 4.55 Å². The molecule has 60 valence electrons. The maximum Gasteiger partial charge on any atom is 0.290 e. The van der Waals surface area contributed by atoms with E-state index in [1.807, 2.05) is 6.92 Å². The summed E-state index contributed by atoms with van der Waals surface area (Å²) in [6.07, 6.45) is 3.08. The third kappa shape index (κ3) is 3.63. The van der Waals surface area contributed by atoms with Crippen molar-refractivity contribution in [2.75, 3.05) is 0 Å². The number of allylic oxidation sites excluding steroid dienone is 2. The molecule has 0 aliphatic heterocycles. The van der Waals surface area contributed by atoms with Crippen LogP contribution in [0.25, 0.3) is 0 Å². The van der Waals surface area contributed by atoms with E-state index < -0.39 is 10.1 Å². The monoisotopic (exact) mass is 164 g/mol. The van der Waals surface area contributed by atoms with Crippen molar-refractivity contribution >= 4 is 10.1 Å². The average molecular weight is 164 g/mol.